The number of sulfonamides is 1. The normalized spacial score (nSPS) is 25.3. The minimum Gasteiger partial charge on any atom is -0.454 e. The van der Waals surface area contributed by atoms with Gasteiger partial charge in [0.15, 0.2) is 6.61 Å². The number of hydrogen-bond donors (Lipinski definition) is 1. The number of rotatable bonds is 5. The van der Waals surface area contributed by atoms with E-state index in [4.69, 9.17) is 4.74 Å². The zero-order chi connectivity index (χ0) is 22.1. The molecule has 9 heteroatoms. The lowest BCUT2D eigenvalue weighted by Crippen LogP contribution is -2.44. The molecule has 0 saturated carbocycles. The maximum atomic E-state index is 13.1. The number of aliphatic hydroxyl groups excluding tert-OH is 1. The van der Waals surface area contributed by atoms with Gasteiger partial charge in [0.05, 0.1) is 11.0 Å². The standard InChI is InChI=1S/C21H30N2O6S/c1-14-5-4-8-22(11-14)20(25)13-29-21(26)19-10-17(24)12-23(19)30(27,28)18-7-6-15(2)16(3)9-18/h6-7,9,14,17,19,24H,4-5,8,10-13H2,1-3H3/t14?,17?,19-/m0/s1. The minimum absolute atomic E-state index is 0.0577. The number of carbonyl (C=O) groups excluding carboxylic acids is 2. The molecule has 0 spiro atoms. The summed E-state index contributed by atoms with van der Waals surface area (Å²) in [5, 5.41) is 10.0. The Balaban J connectivity index is 1.69. The Bertz CT molecular complexity index is 916. The van der Waals surface area contributed by atoms with Gasteiger partial charge in [-0.2, -0.15) is 4.31 Å². The van der Waals surface area contributed by atoms with Gasteiger partial charge in [0, 0.05) is 26.1 Å². The van der Waals surface area contributed by atoms with Gasteiger partial charge in [-0.05, 0) is 55.9 Å². The first-order valence-corrected chi connectivity index (χ1v) is 11.7. The van der Waals surface area contributed by atoms with Crippen molar-refractivity contribution in [2.45, 2.75) is 57.1 Å². The van der Waals surface area contributed by atoms with Crippen LogP contribution in [0.4, 0.5) is 0 Å². The van der Waals surface area contributed by atoms with Crippen molar-refractivity contribution in [3.05, 3.63) is 29.3 Å². The average molecular weight is 439 g/mol. The lowest BCUT2D eigenvalue weighted by molar-refractivity contribution is -0.155. The van der Waals surface area contributed by atoms with Gasteiger partial charge >= 0.3 is 5.97 Å². The number of esters is 1. The minimum atomic E-state index is -3.99. The highest BCUT2D eigenvalue weighted by atomic mass is 32.2. The summed E-state index contributed by atoms with van der Waals surface area (Å²) in [6.07, 6.45) is 0.951. The maximum absolute atomic E-state index is 13.1. The second-order valence-corrected chi connectivity index (χ2v) is 10.3. The first kappa shape index (κ1) is 22.7. The summed E-state index contributed by atoms with van der Waals surface area (Å²) in [7, 11) is -3.99. The molecule has 30 heavy (non-hydrogen) atoms. The van der Waals surface area contributed by atoms with Crippen molar-refractivity contribution < 1.29 is 27.9 Å². The molecule has 3 rings (SSSR count). The van der Waals surface area contributed by atoms with E-state index in [-0.39, 0.29) is 23.8 Å². The Kier molecular flexibility index (Phi) is 6.84. The fourth-order valence-corrected chi connectivity index (χ4v) is 5.72. The highest BCUT2D eigenvalue weighted by Gasteiger charge is 2.44. The molecule has 2 saturated heterocycles. The Labute approximate surface area is 177 Å². The third-order valence-electron chi connectivity index (χ3n) is 5.94. The van der Waals surface area contributed by atoms with Crippen LogP contribution in [-0.4, -0.2) is 73.0 Å². The van der Waals surface area contributed by atoms with Crippen LogP contribution in [0.3, 0.4) is 0 Å². The predicted molar refractivity (Wildman–Crippen MR) is 110 cm³/mol. The van der Waals surface area contributed by atoms with Crippen LogP contribution in [0, 0.1) is 19.8 Å². The van der Waals surface area contributed by atoms with Crippen LogP contribution in [0.5, 0.6) is 0 Å². The Morgan fingerprint density at radius 2 is 1.93 bits per heavy atom. The van der Waals surface area contributed by atoms with Crippen molar-refractivity contribution in [1.29, 1.82) is 0 Å². The fraction of sp³-hybridized carbons (Fsp3) is 0.619. The number of nitrogens with zero attached hydrogens (tertiary/aromatic N) is 2. The maximum Gasteiger partial charge on any atom is 0.325 e. The molecule has 8 nitrogen and oxygen atoms in total. The summed E-state index contributed by atoms with van der Waals surface area (Å²) in [4.78, 5) is 26.7. The summed E-state index contributed by atoms with van der Waals surface area (Å²) in [6.45, 7) is 6.42. The van der Waals surface area contributed by atoms with Crippen molar-refractivity contribution in [2.24, 2.45) is 5.92 Å². The van der Waals surface area contributed by atoms with Crippen LogP contribution in [-0.2, 0) is 24.3 Å². The average Bonchev–Trinajstić information content (AvgIpc) is 3.10. The molecule has 1 amide bonds. The van der Waals surface area contributed by atoms with Crippen molar-refractivity contribution in [1.82, 2.24) is 9.21 Å². The van der Waals surface area contributed by atoms with E-state index in [1.54, 1.807) is 17.0 Å². The van der Waals surface area contributed by atoms with E-state index in [9.17, 15) is 23.1 Å². The van der Waals surface area contributed by atoms with E-state index < -0.39 is 34.7 Å². The predicted octanol–water partition coefficient (Wildman–Crippen LogP) is 1.23. The Morgan fingerprint density at radius 1 is 1.20 bits per heavy atom. The summed E-state index contributed by atoms with van der Waals surface area (Å²) in [5.74, 6) is -0.684. The molecule has 2 aliphatic heterocycles. The van der Waals surface area contributed by atoms with E-state index >= 15 is 0 Å². The van der Waals surface area contributed by atoms with Crippen molar-refractivity contribution >= 4 is 21.9 Å². The van der Waals surface area contributed by atoms with E-state index in [1.807, 2.05) is 13.8 Å². The molecule has 166 valence electrons. The molecule has 0 radical (unpaired) electrons. The highest BCUT2D eigenvalue weighted by molar-refractivity contribution is 7.89. The third kappa shape index (κ3) is 4.84. The number of piperidine rings is 1. The molecule has 2 heterocycles. The van der Waals surface area contributed by atoms with Gasteiger partial charge in [-0.15, -0.1) is 0 Å². The quantitative estimate of drug-likeness (QED) is 0.694. The molecular weight excluding hydrogens is 408 g/mol. The van der Waals surface area contributed by atoms with E-state index in [0.29, 0.717) is 19.0 Å². The van der Waals surface area contributed by atoms with Gasteiger partial charge in [-0.25, -0.2) is 8.42 Å². The topological polar surface area (TPSA) is 104 Å². The van der Waals surface area contributed by atoms with Crippen LogP contribution in [0.15, 0.2) is 23.1 Å². The summed E-state index contributed by atoms with van der Waals surface area (Å²) in [5.41, 5.74) is 1.77. The number of benzene rings is 1. The number of ether oxygens (including phenoxy) is 1. The zero-order valence-corrected chi connectivity index (χ0v) is 18.5. The SMILES string of the molecule is Cc1ccc(S(=O)(=O)N2CC(O)C[C@H]2C(=O)OCC(=O)N2CCCC(C)C2)cc1C. The fourth-order valence-electron chi connectivity index (χ4n) is 4.01. The molecule has 1 aromatic rings. The number of amides is 1. The van der Waals surface area contributed by atoms with Gasteiger partial charge in [0.25, 0.3) is 5.91 Å². The molecule has 2 fully saturated rings. The highest BCUT2D eigenvalue weighted by Crippen LogP contribution is 2.28. The molecule has 1 N–H and O–H groups in total. The number of β-amino-alcohol motifs (C(OH)–C–C–N with tert-alkyl or cyclic N) is 1. The van der Waals surface area contributed by atoms with Crippen LogP contribution in [0.25, 0.3) is 0 Å². The second kappa shape index (κ2) is 9.03. The Hall–Kier alpha value is -1.97. The molecule has 3 atom stereocenters. The molecule has 2 aliphatic rings. The lowest BCUT2D eigenvalue weighted by Gasteiger charge is -2.31. The number of carbonyl (C=O) groups is 2. The Morgan fingerprint density at radius 3 is 2.60 bits per heavy atom. The second-order valence-electron chi connectivity index (χ2n) is 8.42. The van der Waals surface area contributed by atoms with Crippen LogP contribution in [0.1, 0.15) is 37.3 Å². The van der Waals surface area contributed by atoms with E-state index in [0.717, 1.165) is 28.3 Å². The molecule has 0 aromatic heterocycles. The molecule has 0 bridgehead atoms. The smallest absolute Gasteiger partial charge is 0.325 e. The van der Waals surface area contributed by atoms with Crippen LogP contribution < -0.4 is 0 Å². The van der Waals surface area contributed by atoms with Crippen molar-refractivity contribution in [3.8, 4) is 0 Å². The van der Waals surface area contributed by atoms with Gasteiger partial charge in [0.2, 0.25) is 10.0 Å². The van der Waals surface area contributed by atoms with Crippen LogP contribution in [0.2, 0.25) is 0 Å². The van der Waals surface area contributed by atoms with Gasteiger partial charge < -0.3 is 14.7 Å². The van der Waals surface area contributed by atoms with Crippen molar-refractivity contribution in [2.75, 3.05) is 26.2 Å². The van der Waals surface area contributed by atoms with Gasteiger partial charge in [0.1, 0.15) is 6.04 Å². The van der Waals surface area contributed by atoms with Crippen LogP contribution >= 0.6 is 0 Å². The number of aryl methyl sites for hydroxylation is 2. The molecule has 2 unspecified atom stereocenters. The lowest BCUT2D eigenvalue weighted by atomic mass is 10.0. The number of aliphatic hydroxyl groups is 1. The first-order valence-electron chi connectivity index (χ1n) is 10.3. The number of likely N-dealkylation sites (tertiary alicyclic amines) is 1. The summed E-state index contributed by atoms with van der Waals surface area (Å²) in [6, 6.07) is 3.60. The summed E-state index contributed by atoms with van der Waals surface area (Å²) >= 11 is 0. The monoisotopic (exact) mass is 438 g/mol. The van der Waals surface area contributed by atoms with E-state index in [1.165, 1.54) is 6.07 Å². The third-order valence-corrected chi connectivity index (χ3v) is 7.81. The molecular formula is C21H30N2O6S. The summed E-state index contributed by atoms with van der Waals surface area (Å²) < 4.78 is 32.4. The van der Waals surface area contributed by atoms with E-state index in [2.05, 4.69) is 6.92 Å². The largest absolute Gasteiger partial charge is 0.454 e. The van der Waals surface area contributed by atoms with Gasteiger partial charge in [-0.1, -0.05) is 13.0 Å². The van der Waals surface area contributed by atoms with Gasteiger partial charge in [-0.3, -0.25) is 9.59 Å². The molecule has 1 aromatic carbocycles. The molecule has 0 aliphatic carbocycles. The zero-order valence-electron chi connectivity index (χ0n) is 17.7. The number of hydrogen-bond acceptors (Lipinski definition) is 6. The first-order chi connectivity index (χ1) is 14.1. The van der Waals surface area contributed by atoms with Crippen molar-refractivity contribution in [3.63, 3.8) is 0 Å².